The van der Waals surface area contributed by atoms with Gasteiger partial charge in [0.2, 0.25) is 5.91 Å². The van der Waals surface area contributed by atoms with Crippen LogP contribution in [-0.2, 0) is 4.79 Å². The van der Waals surface area contributed by atoms with Gasteiger partial charge in [-0.2, -0.15) is 0 Å². The normalized spacial score (nSPS) is 18.5. The number of aliphatic hydroxyl groups is 1. The lowest BCUT2D eigenvalue weighted by atomic mass is 10.1. The van der Waals surface area contributed by atoms with E-state index in [4.69, 9.17) is 0 Å². The van der Waals surface area contributed by atoms with Crippen LogP contribution in [0.3, 0.4) is 0 Å². The van der Waals surface area contributed by atoms with E-state index in [0.29, 0.717) is 19.0 Å². The average molecular weight is 242 g/mol. The van der Waals surface area contributed by atoms with Gasteiger partial charge in [-0.05, 0) is 31.6 Å². The first-order valence-corrected chi connectivity index (χ1v) is 6.76. The highest BCUT2D eigenvalue weighted by atomic mass is 16.3. The van der Waals surface area contributed by atoms with Crippen molar-refractivity contribution in [1.29, 1.82) is 0 Å². The zero-order valence-electron chi connectivity index (χ0n) is 11.1. The van der Waals surface area contributed by atoms with E-state index in [1.165, 1.54) is 6.42 Å². The van der Waals surface area contributed by atoms with Gasteiger partial charge in [-0.3, -0.25) is 4.79 Å². The third-order valence-corrected chi connectivity index (χ3v) is 3.11. The van der Waals surface area contributed by atoms with Gasteiger partial charge in [0.05, 0.1) is 12.6 Å². The number of aliphatic hydroxyl groups excluding tert-OH is 1. The molecule has 1 amide bonds. The maximum atomic E-state index is 11.8. The fourth-order valence-electron chi connectivity index (χ4n) is 2.23. The number of hydrogen-bond acceptors (Lipinski definition) is 3. The molecule has 0 saturated carbocycles. The fraction of sp³-hybridized carbons (Fsp3) is 0.923. The van der Waals surface area contributed by atoms with Gasteiger partial charge in [0.15, 0.2) is 0 Å². The molecule has 0 bridgehead atoms. The van der Waals surface area contributed by atoms with Crippen molar-refractivity contribution in [2.24, 2.45) is 5.92 Å². The number of hydrogen-bond donors (Lipinski definition) is 2. The number of rotatable bonds is 6. The Hall–Kier alpha value is -0.610. The quantitative estimate of drug-likeness (QED) is 0.730. The molecule has 1 heterocycles. The molecule has 4 heteroatoms. The Morgan fingerprint density at radius 2 is 1.94 bits per heavy atom. The van der Waals surface area contributed by atoms with E-state index < -0.39 is 0 Å². The highest BCUT2D eigenvalue weighted by molar-refractivity contribution is 5.78. The highest BCUT2D eigenvalue weighted by Gasteiger charge is 2.16. The van der Waals surface area contributed by atoms with Crippen LogP contribution >= 0.6 is 0 Å². The average Bonchev–Trinajstić information content (AvgIpc) is 2.29. The number of carbonyl (C=O) groups is 1. The SMILES string of the molecule is CC(C)CC(O)CNCC(=O)N1CCCCC1. The first-order valence-electron chi connectivity index (χ1n) is 6.76. The second kappa shape index (κ2) is 7.67. The lowest BCUT2D eigenvalue weighted by Crippen LogP contribution is -2.42. The van der Waals surface area contributed by atoms with Crippen molar-refractivity contribution < 1.29 is 9.90 Å². The summed E-state index contributed by atoms with van der Waals surface area (Å²) in [5.41, 5.74) is 0. The molecule has 1 aliphatic heterocycles. The van der Waals surface area contributed by atoms with Crippen LogP contribution in [0, 0.1) is 5.92 Å². The molecule has 0 aromatic rings. The fourth-order valence-corrected chi connectivity index (χ4v) is 2.23. The number of amides is 1. The first kappa shape index (κ1) is 14.5. The van der Waals surface area contributed by atoms with Crippen molar-refractivity contribution in [1.82, 2.24) is 10.2 Å². The van der Waals surface area contributed by atoms with E-state index in [-0.39, 0.29) is 12.0 Å². The standard InChI is InChI=1S/C13H26N2O2/c1-11(2)8-12(16)9-14-10-13(17)15-6-4-3-5-7-15/h11-12,14,16H,3-10H2,1-2H3. The second-order valence-corrected chi connectivity index (χ2v) is 5.36. The van der Waals surface area contributed by atoms with Crippen LogP contribution in [-0.4, -0.2) is 48.2 Å². The molecule has 0 radical (unpaired) electrons. The van der Waals surface area contributed by atoms with Gasteiger partial charge in [-0.1, -0.05) is 13.8 Å². The molecule has 0 aromatic heterocycles. The third-order valence-electron chi connectivity index (χ3n) is 3.11. The van der Waals surface area contributed by atoms with Crippen LogP contribution in [0.25, 0.3) is 0 Å². The molecule has 1 atom stereocenters. The van der Waals surface area contributed by atoms with E-state index in [2.05, 4.69) is 19.2 Å². The van der Waals surface area contributed by atoms with E-state index in [9.17, 15) is 9.90 Å². The van der Waals surface area contributed by atoms with Crippen molar-refractivity contribution in [3.63, 3.8) is 0 Å². The lowest BCUT2D eigenvalue weighted by molar-refractivity contribution is -0.131. The Balaban J connectivity index is 2.10. The van der Waals surface area contributed by atoms with Gasteiger partial charge in [0.25, 0.3) is 0 Å². The predicted molar refractivity (Wildman–Crippen MR) is 68.8 cm³/mol. The van der Waals surface area contributed by atoms with Gasteiger partial charge in [0.1, 0.15) is 0 Å². The largest absolute Gasteiger partial charge is 0.392 e. The molecule has 17 heavy (non-hydrogen) atoms. The molecule has 1 aliphatic rings. The Bertz CT molecular complexity index is 225. The molecule has 1 fully saturated rings. The van der Waals surface area contributed by atoms with E-state index in [0.717, 1.165) is 32.4 Å². The minimum Gasteiger partial charge on any atom is -0.392 e. The molecule has 2 N–H and O–H groups in total. The predicted octanol–water partition coefficient (Wildman–Crippen LogP) is 0.995. The van der Waals surface area contributed by atoms with Gasteiger partial charge < -0.3 is 15.3 Å². The summed E-state index contributed by atoms with van der Waals surface area (Å²) in [7, 11) is 0. The Labute approximate surface area is 104 Å². The summed E-state index contributed by atoms with van der Waals surface area (Å²) in [6.45, 7) is 6.83. The van der Waals surface area contributed by atoms with E-state index in [1.807, 2.05) is 4.90 Å². The number of piperidine rings is 1. The summed E-state index contributed by atoms with van der Waals surface area (Å²) >= 11 is 0. The van der Waals surface area contributed by atoms with Crippen molar-refractivity contribution in [2.75, 3.05) is 26.2 Å². The van der Waals surface area contributed by atoms with E-state index in [1.54, 1.807) is 0 Å². The maximum absolute atomic E-state index is 11.8. The van der Waals surface area contributed by atoms with Gasteiger partial charge >= 0.3 is 0 Å². The van der Waals surface area contributed by atoms with Gasteiger partial charge in [0, 0.05) is 19.6 Å². The van der Waals surface area contributed by atoms with Crippen LogP contribution < -0.4 is 5.32 Å². The van der Waals surface area contributed by atoms with E-state index >= 15 is 0 Å². The minimum atomic E-state index is -0.343. The maximum Gasteiger partial charge on any atom is 0.236 e. The molecule has 4 nitrogen and oxygen atoms in total. The topological polar surface area (TPSA) is 52.6 Å². The van der Waals surface area contributed by atoms with Gasteiger partial charge in [-0.15, -0.1) is 0 Å². The molecular weight excluding hydrogens is 216 g/mol. The smallest absolute Gasteiger partial charge is 0.236 e. The lowest BCUT2D eigenvalue weighted by Gasteiger charge is -2.27. The molecule has 1 unspecified atom stereocenters. The van der Waals surface area contributed by atoms with Crippen LogP contribution in [0.15, 0.2) is 0 Å². The zero-order valence-corrected chi connectivity index (χ0v) is 11.1. The molecule has 0 aromatic carbocycles. The van der Waals surface area contributed by atoms with Crippen molar-refractivity contribution in [3.8, 4) is 0 Å². The third kappa shape index (κ3) is 6.03. The van der Waals surface area contributed by atoms with Gasteiger partial charge in [-0.25, -0.2) is 0 Å². The molecule has 1 rings (SSSR count). The Kier molecular flexibility index (Phi) is 6.52. The number of carbonyl (C=O) groups excluding carboxylic acids is 1. The van der Waals surface area contributed by atoms with Crippen molar-refractivity contribution in [2.45, 2.75) is 45.6 Å². The summed E-state index contributed by atoms with van der Waals surface area (Å²) in [6.07, 6.45) is 3.93. The van der Waals surface area contributed by atoms with Crippen LogP contribution in [0.2, 0.25) is 0 Å². The summed E-state index contributed by atoms with van der Waals surface area (Å²) in [5.74, 6) is 0.658. The highest BCUT2D eigenvalue weighted by Crippen LogP contribution is 2.08. The van der Waals surface area contributed by atoms with Crippen LogP contribution in [0.5, 0.6) is 0 Å². The molecule has 0 spiro atoms. The van der Waals surface area contributed by atoms with Crippen LogP contribution in [0.1, 0.15) is 39.5 Å². The van der Waals surface area contributed by atoms with Crippen LogP contribution in [0.4, 0.5) is 0 Å². The molecular formula is C13H26N2O2. The minimum absolute atomic E-state index is 0.168. The number of likely N-dealkylation sites (tertiary alicyclic amines) is 1. The monoisotopic (exact) mass is 242 g/mol. The Morgan fingerprint density at radius 1 is 1.29 bits per heavy atom. The summed E-state index contributed by atoms with van der Waals surface area (Å²) in [6, 6.07) is 0. The van der Waals surface area contributed by atoms with Crippen molar-refractivity contribution in [3.05, 3.63) is 0 Å². The number of nitrogens with one attached hydrogen (secondary N) is 1. The molecule has 0 aliphatic carbocycles. The second-order valence-electron chi connectivity index (χ2n) is 5.36. The summed E-state index contributed by atoms with van der Waals surface area (Å²) in [4.78, 5) is 13.7. The Morgan fingerprint density at radius 3 is 2.53 bits per heavy atom. The number of nitrogens with zero attached hydrogens (tertiary/aromatic N) is 1. The van der Waals surface area contributed by atoms with Crippen molar-refractivity contribution >= 4 is 5.91 Å². The zero-order chi connectivity index (χ0) is 12.7. The summed E-state index contributed by atoms with van der Waals surface area (Å²) in [5, 5.41) is 12.7. The molecule has 100 valence electrons. The molecule has 1 saturated heterocycles. The summed E-state index contributed by atoms with van der Waals surface area (Å²) < 4.78 is 0. The first-order chi connectivity index (χ1) is 8.09.